The number of hydrogen-bond donors (Lipinski definition) is 0. The third-order valence-electron chi connectivity index (χ3n) is 4.67. The molecule has 6 heteroatoms. The van der Waals surface area contributed by atoms with E-state index in [1.807, 2.05) is 35.0 Å². The third kappa shape index (κ3) is 3.25. The Morgan fingerprint density at radius 1 is 1.17 bits per heavy atom. The van der Waals surface area contributed by atoms with Crippen LogP contribution < -0.4 is 0 Å². The van der Waals surface area contributed by atoms with E-state index in [2.05, 4.69) is 37.3 Å². The van der Waals surface area contributed by atoms with E-state index in [-0.39, 0.29) is 0 Å². The van der Waals surface area contributed by atoms with Gasteiger partial charge in [0.2, 0.25) is 0 Å². The van der Waals surface area contributed by atoms with Crippen LogP contribution in [0.15, 0.2) is 47.2 Å². The normalized spacial score (nSPS) is 18.2. The van der Waals surface area contributed by atoms with E-state index in [0.717, 1.165) is 30.9 Å². The maximum atomic E-state index is 4.21. The molecule has 24 heavy (non-hydrogen) atoms. The molecule has 0 spiro atoms. The topological polar surface area (TPSA) is 46.8 Å². The Balaban J connectivity index is 1.37. The second-order valence-electron chi connectivity index (χ2n) is 6.20. The van der Waals surface area contributed by atoms with Crippen LogP contribution >= 0.6 is 11.3 Å². The van der Waals surface area contributed by atoms with Crippen molar-refractivity contribution in [2.45, 2.75) is 31.7 Å². The van der Waals surface area contributed by atoms with E-state index in [0.29, 0.717) is 6.04 Å². The van der Waals surface area contributed by atoms with Crippen LogP contribution in [-0.2, 0) is 6.42 Å². The average molecular weight is 339 g/mol. The lowest BCUT2D eigenvalue weighted by atomic mass is 10.1. The van der Waals surface area contributed by atoms with Crippen LogP contribution in [0, 0.1) is 0 Å². The molecule has 124 valence electrons. The minimum Gasteiger partial charge on any atom is -0.296 e. The fraction of sp³-hybridized carbons (Fsp3) is 0.389. The van der Waals surface area contributed by atoms with Crippen LogP contribution in [0.2, 0.25) is 0 Å². The fourth-order valence-corrected chi connectivity index (χ4v) is 4.21. The number of aryl methyl sites for hydroxylation is 1. The molecule has 0 radical (unpaired) electrons. The summed E-state index contributed by atoms with van der Waals surface area (Å²) in [4.78, 5) is 2.61. The summed E-state index contributed by atoms with van der Waals surface area (Å²) in [5.41, 5.74) is 2.50. The molecule has 0 amide bonds. The molecule has 4 rings (SSSR count). The van der Waals surface area contributed by atoms with Crippen LogP contribution in [0.4, 0.5) is 0 Å². The van der Waals surface area contributed by atoms with E-state index in [4.69, 9.17) is 0 Å². The van der Waals surface area contributed by atoms with E-state index in [1.54, 1.807) is 11.3 Å². The van der Waals surface area contributed by atoms with Gasteiger partial charge in [-0.1, -0.05) is 18.2 Å². The molecule has 3 aromatic rings. The first-order chi connectivity index (χ1) is 11.9. The Hall–Kier alpha value is -2.05. The number of rotatable bonds is 6. The number of tetrazole rings is 1. The van der Waals surface area contributed by atoms with E-state index in [1.165, 1.54) is 24.9 Å². The predicted octanol–water partition coefficient (Wildman–Crippen LogP) is 3.49. The van der Waals surface area contributed by atoms with Crippen molar-refractivity contribution in [3.63, 3.8) is 0 Å². The quantitative estimate of drug-likeness (QED) is 0.690. The van der Waals surface area contributed by atoms with Crippen LogP contribution in [0.1, 0.15) is 36.7 Å². The van der Waals surface area contributed by atoms with Gasteiger partial charge in [-0.2, -0.15) is 16.0 Å². The van der Waals surface area contributed by atoms with Gasteiger partial charge in [-0.15, -0.1) is 5.10 Å². The van der Waals surface area contributed by atoms with Crippen LogP contribution in [0.3, 0.4) is 0 Å². The van der Waals surface area contributed by atoms with Gasteiger partial charge in [-0.25, -0.2) is 0 Å². The van der Waals surface area contributed by atoms with Gasteiger partial charge in [0.05, 0.1) is 5.69 Å². The van der Waals surface area contributed by atoms with E-state index < -0.39 is 0 Å². The second-order valence-corrected chi connectivity index (χ2v) is 6.98. The maximum Gasteiger partial charge on any atom is 0.156 e. The number of thiophene rings is 1. The molecule has 1 saturated heterocycles. The monoisotopic (exact) mass is 339 g/mol. The summed E-state index contributed by atoms with van der Waals surface area (Å²) in [6, 6.07) is 13.0. The summed E-state index contributed by atoms with van der Waals surface area (Å²) in [6.07, 6.45) is 4.54. The molecular weight excluding hydrogens is 318 g/mol. The first kappa shape index (κ1) is 15.5. The van der Waals surface area contributed by atoms with Crippen molar-refractivity contribution in [2.75, 3.05) is 13.1 Å². The fourth-order valence-electron chi connectivity index (χ4n) is 3.51. The van der Waals surface area contributed by atoms with Gasteiger partial charge in [0.1, 0.15) is 0 Å². The zero-order valence-corrected chi connectivity index (χ0v) is 14.4. The number of para-hydroxylation sites is 1. The van der Waals surface area contributed by atoms with Gasteiger partial charge in [0.15, 0.2) is 5.82 Å². The van der Waals surface area contributed by atoms with Crippen molar-refractivity contribution in [1.29, 1.82) is 0 Å². The average Bonchev–Trinajstić information content (AvgIpc) is 3.37. The highest BCUT2D eigenvalue weighted by Gasteiger charge is 2.25. The Bertz CT molecular complexity index is 753. The number of nitrogens with zero attached hydrogens (tertiary/aromatic N) is 5. The first-order valence-corrected chi connectivity index (χ1v) is 9.45. The molecule has 1 fully saturated rings. The Morgan fingerprint density at radius 2 is 2.08 bits per heavy atom. The van der Waals surface area contributed by atoms with Crippen molar-refractivity contribution in [3.05, 3.63) is 58.5 Å². The highest BCUT2D eigenvalue weighted by atomic mass is 32.1. The molecular formula is C18H21N5S. The van der Waals surface area contributed by atoms with E-state index >= 15 is 0 Å². The summed E-state index contributed by atoms with van der Waals surface area (Å²) >= 11 is 1.79. The van der Waals surface area contributed by atoms with Gasteiger partial charge in [0, 0.05) is 12.5 Å². The van der Waals surface area contributed by atoms with Crippen molar-refractivity contribution in [2.24, 2.45) is 0 Å². The third-order valence-corrected chi connectivity index (χ3v) is 5.37. The van der Waals surface area contributed by atoms with Crippen LogP contribution in [0.5, 0.6) is 0 Å². The molecule has 1 atom stereocenters. The highest BCUT2D eigenvalue weighted by molar-refractivity contribution is 7.07. The molecule has 2 aromatic heterocycles. The molecule has 1 aliphatic rings. The molecule has 1 aromatic carbocycles. The molecule has 0 saturated carbocycles. The molecule has 5 nitrogen and oxygen atoms in total. The summed E-state index contributed by atoms with van der Waals surface area (Å²) in [5, 5.41) is 16.7. The molecule has 1 aliphatic heterocycles. The van der Waals surface area contributed by atoms with Gasteiger partial charge in [0.25, 0.3) is 0 Å². The van der Waals surface area contributed by atoms with Crippen LogP contribution in [-0.4, -0.2) is 38.2 Å². The second kappa shape index (κ2) is 7.23. The number of benzene rings is 1. The number of likely N-dealkylation sites (tertiary alicyclic amines) is 1. The predicted molar refractivity (Wildman–Crippen MR) is 95.3 cm³/mol. The molecule has 0 N–H and O–H groups in total. The smallest absolute Gasteiger partial charge is 0.156 e. The minimum atomic E-state index is 0.598. The van der Waals surface area contributed by atoms with Gasteiger partial charge in [-0.3, -0.25) is 4.90 Å². The summed E-state index contributed by atoms with van der Waals surface area (Å²) in [7, 11) is 0. The van der Waals surface area contributed by atoms with Crippen molar-refractivity contribution in [3.8, 4) is 5.69 Å². The van der Waals surface area contributed by atoms with Crippen molar-refractivity contribution in [1.82, 2.24) is 25.1 Å². The van der Waals surface area contributed by atoms with Crippen molar-refractivity contribution < 1.29 is 0 Å². The van der Waals surface area contributed by atoms with Gasteiger partial charge >= 0.3 is 0 Å². The SMILES string of the molecule is c1ccc(-n2nnnc2CCCN2CCC[C@@H]2c2ccsc2)cc1. The molecule has 3 heterocycles. The largest absolute Gasteiger partial charge is 0.296 e. The standard InChI is InChI=1S/C18H21N5S/c1-2-6-16(7-3-1)23-18(19-20-21-23)9-5-12-22-11-4-8-17(22)15-10-13-24-14-15/h1-3,6-7,10,13-14,17H,4-5,8-9,11-12H2/t17-/m1/s1. The summed E-state index contributed by atoms with van der Waals surface area (Å²) < 4.78 is 1.85. The summed E-state index contributed by atoms with van der Waals surface area (Å²) in [5.74, 6) is 0.937. The Kier molecular flexibility index (Phi) is 4.66. The molecule has 0 aliphatic carbocycles. The van der Waals surface area contributed by atoms with Gasteiger partial charge in [-0.05, 0) is 77.3 Å². The lowest BCUT2D eigenvalue weighted by Crippen LogP contribution is -2.24. The maximum absolute atomic E-state index is 4.21. The lowest BCUT2D eigenvalue weighted by Gasteiger charge is -2.23. The van der Waals surface area contributed by atoms with E-state index in [9.17, 15) is 0 Å². The van der Waals surface area contributed by atoms with Crippen LogP contribution in [0.25, 0.3) is 5.69 Å². The zero-order chi connectivity index (χ0) is 16.2. The lowest BCUT2D eigenvalue weighted by molar-refractivity contribution is 0.254. The minimum absolute atomic E-state index is 0.598. The molecule has 0 bridgehead atoms. The van der Waals surface area contributed by atoms with Gasteiger partial charge < -0.3 is 0 Å². The zero-order valence-electron chi connectivity index (χ0n) is 13.6. The number of aromatic nitrogens is 4. The number of hydrogen-bond acceptors (Lipinski definition) is 5. The van der Waals surface area contributed by atoms with Crippen molar-refractivity contribution >= 4 is 11.3 Å². The highest BCUT2D eigenvalue weighted by Crippen LogP contribution is 2.33. The molecule has 0 unspecified atom stereocenters. The first-order valence-electron chi connectivity index (χ1n) is 8.50. The summed E-state index contributed by atoms with van der Waals surface area (Å²) in [6.45, 7) is 2.30. The Morgan fingerprint density at radius 3 is 2.92 bits per heavy atom. The Labute approximate surface area is 145 Å².